The Morgan fingerprint density at radius 1 is 1.22 bits per heavy atom. The van der Waals surface area contributed by atoms with E-state index in [-0.39, 0.29) is 11.2 Å². The number of halogens is 2. The highest BCUT2D eigenvalue weighted by atomic mass is 35.5. The van der Waals surface area contributed by atoms with Gasteiger partial charge in [-0.15, -0.1) is 6.58 Å². The third-order valence-corrected chi connectivity index (χ3v) is 5.17. The minimum atomic E-state index is -0.744. The molecule has 1 heterocycles. The predicted octanol–water partition coefficient (Wildman–Crippen LogP) is 5.13. The summed E-state index contributed by atoms with van der Waals surface area (Å²) in [7, 11) is 0. The second-order valence-corrected chi connectivity index (χ2v) is 8.38. The lowest BCUT2D eigenvalue weighted by atomic mass is 9.88. The monoisotopic (exact) mass is 420 g/mol. The van der Waals surface area contributed by atoms with E-state index < -0.39 is 6.04 Å². The van der Waals surface area contributed by atoms with Crippen LogP contribution in [0.2, 0.25) is 10.0 Å². The SMILES string of the molecule is C=CCN=C([S-])[C@@H](C(=O)c1ccc(Cl)c(Cl)c1)[n+]1ccc(C(C)(C)C)cc1. The van der Waals surface area contributed by atoms with Crippen molar-refractivity contribution in [2.24, 2.45) is 4.99 Å². The molecule has 0 N–H and O–H groups in total. The minimum absolute atomic E-state index is 0.00994. The van der Waals surface area contributed by atoms with E-state index in [2.05, 4.69) is 32.3 Å². The van der Waals surface area contributed by atoms with Crippen molar-refractivity contribution in [1.29, 1.82) is 0 Å². The van der Waals surface area contributed by atoms with Crippen LogP contribution in [0.15, 0.2) is 60.4 Å². The van der Waals surface area contributed by atoms with Gasteiger partial charge in [-0.2, -0.15) is 4.57 Å². The highest BCUT2D eigenvalue weighted by molar-refractivity contribution is 7.77. The summed E-state index contributed by atoms with van der Waals surface area (Å²) in [6.45, 7) is 10.4. The van der Waals surface area contributed by atoms with E-state index in [1.54, 1.807) is 28.8 Å². The molecule has 6 heteroatoms. The molecule has 0 aliphatic heterocycles. The summed E-state index contributed by atoms with van der Waals surface area (Å²) in [5, 5.41) is 1.01. The first kappa shape index (κ1) is 21.5. The Labute approximate surface area is 176 Å². The number of ketones is 1. The molecule has 0 amide bonds. The number of Topliss-reactive ketones (excluding diaryl/α,β-unsaturated/α-hetero) is 1. The van der Waals surface area contributed by atoms with Gasteiger partial charge in [-0.25, -0.2) is 0 Å². The molecule has 0 fully saturated rings. The predicted molar refractivity (Wildman–Crippen MR) is 115 cm³/mol. The Morgan fingerprint density at radius 2 is 1.85 bits per heavy atom. The van der Waals surface area contributed by atoms with Crippen LogP contribution in [0.5, 0.6) is 0 Å². The molecule has 0 spiro atoms. The molecule has 1 aromatic carbocycles. The van der Waals surface area contributed by atoms with Gasteiger partial charge in [0.1, 0.15) is 0 Å². The van der Waals surface area contributed by atoms with E-state index in [1.165, 1.54) is 0 Å². The molecular weight excluding hydrogens is 399 g/mol. The fraction of sp³-hybridized carbons (Fsp3) is 0.286. The Kier molecular flexibility index (Phi) is 7.15. The first-order valence-corrected chi connectivity index (χ1v) is 9.64. The molecule has 2 aromatic rings. The number of hydrogen-bond acceptors (Lipinski definition) is 3. The van der Waals surface area contributed by atoms with Gasteiger partial charge >= 0.3 is 0 Å². The molecule has 1 aromatic heterocycles. The zero-order chi connectivity index (χ0) is 20.2. The maximum atomic E-state index is 13.2. The molecule has 3 nitrogen and oxygen atoms in total. The molecule has 0 unspecified atom stereocenters. The topological polar surface area (TPSA) is 33.3 Å². The zero-order valence-electron chi connectivity index (χ0n) is 15.6. The summed E-state index contributed by atoms with van der Waals surface area (Å²) >= 11 is 17.5. The number of rotatable bonds is 6. The van der Waals surface area contributed by atoms with Crippen molar-refractivity contribution in [1.82, 2.24) is 0 Å². The van der Waals surface area contributed by atoms with Crippen LogP contribution in [0.1, 0.15) is 42.7 Å². The number of carbonyl (C=O) groups is 1. The number of nitrogens with zero attached hydrogens (tertiary/aromatic N) is 2. The summed E-state index contributed by atoms with van der Waals surface area (Å²) in [6, 6.07) is 8.04. The largest absolute Gasteiger partial charge is 0.758 e. The third kappa shape index (κ3) is 5.38. The van der Waals surface area contributed by atoms with E-state index in [9.17, 15) is 4.79 Å². The van der Waals surface area contributed by atoms with Gasteiger partial charge in [0, 0.05) is 17.7 Å². The number of hydrogen-bond donors (Lipinski definition) is 0. The van der Waals surface area contributed by atoms with Crippen LogP contribution in [0.3, 0.4) is 0 Å². The van der Waals surface area contributed by atoms with Gasteiger partial charge in [-0.05, 0) is 34.2 Å². The van der Waals surface area contributed by atoms with E-state index >= 15 is 0 Å². The normalized spacial score (nSPS) is 13.3. The fourth-order valence-electron chi connectivity index (χ4n) is 2.53. The number of pyridine rings is 1. The van der Waals surface area contributed by atoms with Crippen molar-refractivity contribution < 1.29 is 9.36 Å². The summed E-state index contributed by atoms with van der Waals surface area (Å²) in [6.07, 6.45) is 5.35. The molecule has 27 heavy (non-hydrogen) atoms. The van der Waals surface area contributed by atoms with Crippen molar-refractivity contribution in [2.75, 3.05) is 6.54 Å². The van der Waals surface area contributed by atoms with E-state index in [1.807, 2.05) is 24.5 Å². The van der Waals surface area contributed by atoms with Gasteiger partial charge in [0.15, 0.2) is 12.4 Å². The van der Waals surface area contributed by atoms with Crippen molar-refractivity contribution in [3.05, 3.63) is 76.6 Å². The number of benzene rings is 1. The first-order valence-electron chi connectivity index (χ1n) is 8.48. The van der Waals surface area contributed by atoms with Gasteiger partial charge in [0.25, 0.3) is 0 Å². The van der Waals surface area contributed by atoms with Crippen LogP contribution in [-0.4, -0.2) is 17.4 Å². The van der Waals surface area contributed by atoms with Crippen LogP contribution in [0.4, 0.5) is 0 Å². The van der Waals surface area contributed by atoms with Crippen LogP contribution in [-0.2, 0) is 18.0 Å². The smallest absolute Gasteiger partial charge is 0.237 e. The molecule has 0 saturated carbocycles. The second-order valence-electron chi connectivity index (χ2n) is 7.15. The lowest BCUT2D eigenvalue weighted by Crippen LogP contribution is -2.48. The Bertz CT molecular complexity index is 871. The second kappa shape index (κ2) is 8.96. The molecule has 0 radical (unpaired) electrons. The van der Waals surface area contributed by atoms with Gasteiger partial charge < -0.3 is 17.6 Å². The Morgan fingerprint density at radius 3 is 2.37 bits per heavy atom. The number of aromatic nitrogens is 1. The maximum absolute atomic E-state index is 13.2. The van der Waals surface area contributed by atoms with E-state index in [0.717, 1.165) is 5.56 Å². The van der Waals surface area contributed by atoms with E-state index in [4.69, 9.17) is 35.8 Å². The maximum Gasteiger partial charge on any atom is 0.237 e. The van der Waals surface area contributed by atoms with Gasteiger partial charge in [0.05, 0.1) is 16.6 Å². The molecule has 142 valence electrons. The van der Waals surface area contributed by atoms with Crippen LogP contribution >= 0.6 is 23.2 Å². The van der Waals surface area contributed by atoms with Crippen LogP contribution < -0.4 is 4.57 Å². The fourth-order valence-corrected chi connectivity index (χ4v) is 3.13. The Balaban J connectivity index is 2.49. The molecule has 1 atom stereocenters. The molecular formula is C21H22Cl2N2OS. The molecule has 2 rings (SSSR count). The lowest BCUT2D eigenvalue weighted by molar-refractivity contribution is -0.692. The van der Waals surface area contributed by atoms with Gasteiger partial charge in [-0.3, -0.25) is 4.79 Å². The summed E-state index contributed by atoms with van der Waals surface area (Å²) < 4.78 is 1.77. The quantitative estimate of drug-likeness (QED) is 0.162. The number of aliphatic imine (C=N–C) groups is 1. The molecule has 0 bridgehead atoms. The average Bonchev–Trinajstić information content (AvgIpc) is 2.62. The first-order chi connectivity index (χ1) is 12.6. The van der Waals surface area contributed by atoms with Crippen LogP contribution in [0.25, 0.3) is 0 Å². The molecule has 0 aliphatic rings. The van der Waals surface area contributed by atoms with Gasteiger partial charge in [0.2, 0.25) is 11.8 Å². The van der Waals surface area contributed by atoms with Crippen molar-refractivity contribution in [3.63, 3.8) is 0 Å². The summed E-state index contributed by atoms with van der Waals surface area (Å²) in [4.78, 5) is 17.5. The van der Waals surface area contributed by atoms with Crippen molar-refractivity contribution in [2.45, 2.75) is 32.2 Å². The summed E-state index contributed by atoms with van der Waals surface area (Å²) in [5.74, 6) is -0.195. The molecule has 0 aliphatic carbocycles. The average molecular weight is 421 g/mol. The highest BCUT2D eigenvalue weighted by Crippen LogP contribution is 2.25. The lowest BCUT2D eigenvalue weighted by Gasteiger charge is -2.21. The molecule has 0 saturated heterocycles. The summed E-state index contributed by atoms with van der Waals surface area (Å²) in [5.41, 5.74) is 1.60. The highest BCUT2D eigenvalue weighted by Gasteiger charge is 2.29. The standard InChI is InChI=1S/C21H22Cl2N2OS/c1-5-10-24-20(27)18(19(26)14-6-7-16(22)17(23)13-14)25-11-8-15(9-12-25)21(2,3)4/h5-9,11-13,18H,1,10H2,2-4H3/t18-/m1/s1. The van der Waals surface area contributed by atoms with Crippen molar-refractivity contribution >= 4 is 46.7 Å². The van der Waals surface area contributed by atoms with Crippen molar-refractivity contribution in [3.8, 4) is 0 Å². The van der Waals surface area contributed by atoms with Gasteiger partial charge in [-0.1, -0.05) is 50.0 Å². The number of carbonyl (C=O) groups excluding carboxylic acids is 1. The zero-order valence-corrected chi connectivity index (χ0v) is 17.9. The van der Waals surface area contributed by atoms with Crippen LogP contribution in [0, 0.1) is 0 Å². The third-order valence-electron chi connectivity index (χ3n) is 4.08. The minimum Gasteiger partial charge on any atom is -0.758 e. The van der Waals surface area contributed by atoms with E-state index in [0.29, 0.717) is 27.2 Å². The Hall–Kier alpha value is -1.75.